The summed E-state index contributed by atoms with van der Waals surface area (Å²) in [7, 11) is 1.57. The van der Waals surface area contributed by atoms with E-state index >= 15 is 0 Å². The number of thiazole rings is 1. The Kier molecular flexibility index (Phi) is 5.33. The minimum Gasteiger partial charge on any atom is -0.493 e. The molecule has 134 valence electrons. The van der Waals surface area contributed by atoms with Gasteiger partial charge in [-0.25, -0.2) is 9.97 Å². The number of benzene rings is 1. The van der Waals surface area contributed by atoms with Gasteiger partial charge in [0.1, 0.15) is 4.88 Å². The molecule has 26 heavy (non-hydrogen) atoms. The Hall–Kier alpha value is -3.13. The number of methoxy groups -OCH3 is 1. The summed E-state index contributed by atoms with van der Waals surface area (Å²) in [6.45, 7) is 2.01. The van der Waals surface area contributed by atoms with E-state index in [4.69, 9.17) is 15.2 Å². The van der Waals surface area contributed by atoms with Crippen LogP contribution < -0.4 is 20.5 Å². The number of nitrogens with zero attached hydrogens (tertiary/aromatic N) is 2. The molecule has 0 aliphatic carbocycles. The highest BCUT2D eigenvalue weighted by Crippen LogP contribution is 2.31. The summed E-state index contributed by atoms with van der Waals surface area (Å²) in [5.41, 5.74) is 7.00. The smallest absolute Gasteiger partial charge is 0.263 e. The minimum atomic E-state index is -0.233. The Morgan fingerprint density at radius 1 is 1.23 bits per heavy atom. The zero-order valence-corrected chi connectivity index (χ0v) is 15.2. The van der Waals surface area contributed by atoms with E-state index in [1.54, 1.807) is 38.4 Å². The molecular formula is C18H18N4O3S. The van der Waals surface area contributed by atoms with Crippen LogP contribution in [0, 0.1) is 6.92 Å². The third kappa shape index (κ3) is 3.92. The molecule has 1 amide bonds. The summed E-state index contributed by atoms with van der Waals surface area (Å²) >= 11 is 1.16. The molecule has 0 bridgehead atoms. The average Bonchev–Trinajstić information content (AvgIpc) is 2.99. The second-order valence-corrected chi connectivity index (χ2v) is 6.40. The number of nitrogens with two attached hydrogens (primary N) is 1. The Morgan fingerprint density at radius 2 is 2.00 bits per heavy atom. The maximum atomic E-state index is 12.3. The van der Waals surface area contributed by atoms with Crippen LogP contribution in [-0.2, 0) is 6.54 Å². The lowest BCUT2D eigenvalue weighted by Crippen LogP contribution is -2.23. The van der Waals surface area contributed by atoms with Gasteiger partial charge in [0.25, 0.3) is 5.91 Å². The van der Waals surface area contributed by atoms with E-state index in [0.717, 1.165) is 16.9 Å². The third-order valence-electron chi connectivity index (χ3n) is 3.58. The number of hydrogen-bond donors (Lipinski definition) is 2. The van der Waals surface area contributed by atoms with Crippen LogP contribution in [0.1, 0.15) is 20.9 Å². The fourth-order valence-electron chi connectivity index (χ4n) is 2.34. The van der Waals surface area contributed by atoms with Crippen molar-refractivity contribution in [2.24, 2.45) is 0 Å². The molecule has 3 rings (SSSR count). The van der Waals surface area contributed by atoms with E-state index in [0.29, 0.717) is 33.1 Å². The second-order valence-electron chi connectivity index (χ2n) is 5.37. The lowest BCUT2D eigenvalue weighted by molar-refractivity contribution is 0.0954. The highest BCUT2D eigenvalue weighted by Gasteiger charge is 2.15. The minimum absolute atomic E-state index is 0.233. The number of aryl methyl sites for hydroxylation is 1. The number of amides is 1. The number of ether oxygens (including phenoxy) is 2. The van der Waals surface area contributed by atoms with Gasteiger partial charge in [-0.1, -0.05) is 29.5 Å². The van der Waals surface area contributed by atoms with E-state index in [2.05, 4.69) is 15.3 Å². The molecule has 2 aromatic heterocycles. The Bertz CT molecular complexity index is 926. The molecule has 0 spiro atoms. The summed E-state index contributed by atoms with van der Waals surface area (Å²) < 4.78 is 11.2. The van der Waals surface area contributed by atoms with Gasteiger partial charge < -0.3 is 20.5 Å². The first-order chi connectivity index (χ1) is 12.6. The first-order valence-corrected chi connectivity index (χ1v) is 8.66. The number of anilines is 1. The van der Waals surface area contributed by atoms with Crippen molar-refractivity contribution in [3.63, 3.8) is 0 Å². The van der Waals surface area contributed by atoms with Crippen molar-refractivity contribution in [1.29, 1.82) is 0 Å². The molecule has 0 aliphatic heterocycles. The number of para-hydroxylation sites is 2. The number of pyridine rings is 1. The van der Waals surface area contributed by atoms with Crippen LogP contribution in [0.5, 0.6) is 17.4 Å². The second kappa shape index (κ2) is 7.83. The molecule has 0 atom stereocenters. The fraction of sp³-hybridized carbons (Fsp3) is 0.167. The number of nitrogens with one attached hydrogen (secondary N) is 1. The summed E-state index contributed by atoms with van der Waals surface area (Å²) in [6.07, 6.45) is 1.63. The van der Waals surface area contributed by atoms with Gasteiger partial charge >= 0.3 is 0 Å². The van der Waals surface area contributed by atoms with Crippen LogP contribution in [0.4, 0.5) is 5.13 Å². The molecule has 0 unspecified atom stereocenters. The Morgan fingerprint density at radius 3 is 2.69 bits per heavy atom. The van der Waals surface area contributed by atoms with Gasteiger partial charge in [0.05, 0.1) is 12.8 Å². The van der Waals surface area contributed by atoms with Gasteiger partial charge in [0.15, 0.2) is 16.6 Å². The van der Waals surface area contributed by atoms with Crippen molar-refractivity contribution in [3.8, 4) is 17.4 Å². The van der Waals surface area contributed by atoms with Crippen LogP contribution in [0.15, 0.2) is 42.6 Å². The Balaban J connectivity index is 1.75. The van der Waals surface area contributed by atoms with Gasteiger partial charge in [0, 0.05) is 18.3 Å². The first kappa shape index (κ1) is 17.7. The van der Waals surface area contributed by atoms with E-state index in [1.807, 2.05) is 18.2 Å². The maximum absolute atomic E-state index is 12.3. The Labute approximate surface area is 154 Å². The van der Waals surface area contributed by atoms with Crippen molar-refractivity contribution < 1.29 is 14.3 Å². The highest BCUT2D eigenvalue weighted by molar-refractivity contribution is 7.17. The summed E-state index contributed by atoms with van der Waals surface area (Å²) in [6, 6.07) is 10.9. The van der Waals surface area contributed by atoms with Crippen molar-refractivity contribution in [1.82, 2.24) is 15.3 Å². The molecule has 1 aromatic carbocycles. The summed E-state index contributed by atoms with van der Waals surface area (Å²) in [5.74, 6) is 1.32. The zero-order chi connectivity index (χ0) is 18.5. The van der Waals surface area contributed by atoms with Gasteiger partial charge in [-0.15, -0.1) is 0 Å². The van der Waals surface area contributed by atoms with Crippen LogP contribution >= 0.6 is 11.3 Å². The lowest BCUT2D eigenvalue weighted by Gasteiger charge is -2.12. The van der Waals surface area contributed by atoms with E-state index in [-0.39, 0.29) is 12.5 Å². The van der Waals surface area contributed by atoms with Crippen molar-refractivity contribution >= 4 is 22.4 Å². The lowest BCUT2D eigenvalue weighted by atomic mass is 10.2. The molecule has 3 aromatic rings. The van der Waals surface area contributed by atoms with E-state index in [9.17, 15) is 4.79 Å². The van der Waals surface area contributed by atoms with Crippen LogP contribution in [0.3, 0.4) is 0 Å². The molecule has 0 radical (unpaired) electrons. The van der Waals surface area contributed by atoms with Crippen LogP contribution in [0.25, 0.3) is 0 Å². The van der Waals surface area contributed by atoms with Crippen LogP contribution in [-0.4, -0.2) is 23.0 Å². The number of carbonyl (C=O) groups excluding carboxylic acids is 1. The van der Waals surface area contributed by atoms with E-state index in [1.165, 1.54) is 0 Å². The SMILES string of the molecule is COc1ccccc1Oc1ncccc1CNC(=O)c1sc(N)nc1C. The number of hydrogen-bond acceptors (Lipinski definition) is 7. The number of carbonyl (C=O) groups is 1. The monoisotopic (exact) mass is 370 g/mol. The predicted octanol–water partition coefficient (Wildman–Crippen LogP) is 3.16. The fourth-order valence-corrected chi connectivity index (χ4v) is 3.09. The first-order valence-electron chi connectivity index (χ1n) is 7.84. The van der Waals surface area contributed by atoms with Gasteiger partial charge in [0.2, 0.25) is 5.88 Å². The zero-order valence-electron chi connectivity index (χ0n) is 14.4. The maximum Gasteiger partial charge on any atom is 0.263 e. The normalized spacial score (nSPS) is 10.4. The third-order valence-corrected chi connectivity index (χ3v) is 4.57. The molecular weight excluding hydrogens is 352 g/mol. The van der Waals surface area contributed by atoms with Gasteiger partial charge in [-0.3, -0.25) is 4.79 Å². The van der Waals surface area contributed by atoms with Gasteiger partial charge in [-0.2, -0.15) is 0 Å². The van der Waals surface area contributed by atoms with Crippen molar-refractivity contribution in [3.05, 3.63) is 58.7 Å². The topological polar surface area (TPSA) is 99.4 Å². The average molecular weight is 370 g/mol. The molecule has 8 heteroatoms. The molecule has 7 nitrogen and oxygen atoms in total. The van der Waals surface area contributed by atoms with Crippen molar-refractivity contribution in [2.45, 2.75) is 13.5 Å². The molecule has 3 N–H and O–H groups in total. The largest absolute Gasteiger partial charge is 0.493 e. The highest BCUT2D eigenvalue weighted by atomic mass is 32.1. The van der Waals surface area contributed by atoms with Crippen LogP contribution in [0.2, 0.25) is 0 Å². The quantitative estimate of drug-likeness (QED) is 0.691. The van der Waals surface area contributed by atoms with E-state index < -0.39 is 0 Å². The molecule has 0 saturated carbocycles. The number of aromatic nitrogens is 2. The number of rotatable bonds is 6. The molecule has 0 saturated heterocycles. The van der Waals surface area contributed by atoms with Gasteiger partial charge in [-0.05, 0) is 25.1 Å². The van der Waals surface area contributed by atoms with Crippen molar-refractivity contribution in [2.75, 3.05) is 12.8 Å². The molecule has 0 aliphatic rings. The standard InChI is InChI=1S/C18H18N4O3S/c1-11-15(26-18(19)22-11)16(23)21-10-12-6-5-9-20-17(12)25-14-8-4-3-7-13(14)24-2/h3-9H,10H2,1-2H3,(H2,19,22)(H,21,23). The summed E-state index contributed by atoms with van der Waals surface area (Å²) in [5, 5.41) is 3.22. The predicted molar refractivity (Wildman–Crippen MR) is 99.7 cm³/mol. The summed E-state index contributed by atoms with van der Waals surface area (Å²) in [4.78, 5) is 21.2. The molecule has 2 heterocycles. The number of nitrogen functional groups attached to an aromatic ring is 1. The molecule has 0 fully saturated rings.